The molecule has 2 heterocycles. The normalized spacial score (nSPS) is 12.4. The van der Waals surface area contributed by atoms with Crippen molar-refractivity contribution in [3.8, 4) is 45.4 Å². The van der Waals surface area contributed by atoms with Gasteiger partial charge in [-0.15, -0.1) is 0 Å². The van der Waals surface area contributed by atoms with Gasteiger partial charge in [-0.25, -0.2) is 15.0 Å². The van der Waals surface area contributed by atoms with Crippen molar-refractivity contribution in [2.45, 2.75) is 19.8 Å². The molecule has 0 saturated heterocycles. The molecule has 2 aromatic heterocycles. The molecular weight excluding hydrogens is 476 g/mol. The van der Waals surface area contributed by atoms with Gasteiger partial charge in [0.1, 0.15) is 0 Å². The standard InChI is InChI=1S/C35H26N4/c1-23-8-6-15-32(36-23)28-13-7-14-29(22-28)33-37-34(30-18-16-24-9-2-4-11-26(24)20-30)39-35(38-33)31-19-17-25-10-3-5-12-27(25)21-31/h2,4-9,11-22H,3,10H2,1H3. The maximum atomic E-state index is 5.00. The highest BCUT2D eigenvalue weighted by atomic mass is 15.0. The summed E-state index contributed by atoms with van der Waals surface area (Å²) in [4.78, 5) is 19.7. The summed E-state index contributed by atoms with van der Waals surface area (Å²) in [5.74, 6) is 1.98. The maximum Gasteiger partial charge on any atom is 0.164 e. The molecule has 4 aromatic carbocycles. The van der Waals surface area contributed by atoms with Crippen molar-refractivity contribution in [3.05, 3.63) is 126 Å². The molecule has 0 radical (unpaired) electrons. The molecule has 0 fully saturated rings. The van der Waals surface area contributed by atoms with Crippen molar-refractivity contribution in [2.24, 2.45) is 0 Å². The molecule has 0 bridgehead atoms. The zero-order valence-corrected chi connectivity index (χ0v) is 21.7. The fourth-order valence-corrected chi connectivity index (χ4v) is 5.18. The van der Waals surface area contributed by atoms with E-state index in [1.54, 1.807) is 0 Å². The molecule has 0 spiro atoms. The van der Waals surface area contributed by atoms with Crippen molar-refractivity contribution in [3.63, 3.8) is 0 Å². The van der Waals surface area contributed by atoms with Gasteiger partial charge in [0.15, 0.2) is 17.5 Å². The SMILES string of the molecule is Cc1cccc(-c2cccc(-c3nc(-c4ccc5c(c4)C=CCC5)nc(-c4ccc5ccccc5c4)n3)c2)n1. The van der Waals surface area contributed by atoms with Crippen LogP contribution >= 0.6 is 0 Å². The third-order valence-corrected chi connectivity index (χ3v) is 7.23. The highest BCUT2D eigenvalue weighted by Crippen LogP contribution is 2.30. The molecule has 7 rings (SSSR count). The number of hydrogen-bond donors (Lipinski definition) is 0. The lowest BCUT2D eigenvalue weighted by Crippen LogP contribution is -2.01. The Morgan fingerprint density at radius 2 is 1.23 bits per heavy atom. The lowest BCUT2D eigenvalue weighted by Gasteiger charge is -2.13. The van der Waals surface area contributed by atoms with Crippen LogP contribution in [0.5, 0.6) is 0 Å². The summed E-state index contributed by atoms with van der Waals surface area (Å²) in [5.41, 5.74) is 8.44. The number of benzene rings is 4. The molecule has 0 unspecified atom stereocenters. The second-order valence-electron chi connectivity index (χ2n) is 9.97. The first kappa shape index (κ1) is 23.2. The van der Waals surface area contributed by atoms with Crippen molar-refractivity contribution in [1.29, 1.82) is 0 Å². The van der Waals surface area contributed by atoms with E-state index in [1.807, 2.05) is 31.2 Å². The fraction of sp³-hybridized carbons (Fsp3) is 0.0857. The Morgan fingerprint density at radius 1 is 0.538 bits per heavy atom. The Bertz CT molecular complexity index is 1890. The third kappa shape index (κ3) is 4.62. The van der Waals surface area contributed by atoms with Gasteiger partial charge in [-0.1, -0.05) is 84.9 Å². The molecule has 1 aliphatic rings. The van der Waals surface area contributed by atoms with Crippen LogP contribution in [0.4, 0.5) is 0 Å². The summed E-state index contributed by atoms with van der Waals surface area (Å²) in [7, 11) is 0. The molecule has 1 aliphatic carbocycles. The predicted octanol–water partition coefficient (Wildman–Crippen LogP) is 8.36. The van der Waals surface area contributed by atoms with Crippen LogP contribution in [0.2, 0.25) is 0 Å². The Hall–Kier alpha value is -4.96. The lowest BCUT2D eigenvalue weighted by atomic mass is 9.95. The van der Waals surface area contributed by atoms with Crippen molar-refractivity contribution in [2.75, 3.05) is 0 Å². The zero-order chi connectivity index (χ0) is 26.2. The molecule has 6 aromatic rings. The first-order valence-corrected chi connectivity index (χ1v) is 13.3. The van der Waals surface area contributed by atoms with Crippen LogP contribution < -0.4 is 0 Å². The number of aryl methyl sites for hydroxylation is 2. The van der Waals surface area contributed by atoms with E-state index < -0.39 is 0 Å². The highest BCUT2D eigenvalue weighted by molar-refractivity contribution is 5.86. The minimum atomic E-state index is 0.644. The molecule has 186 valence electrons. The molecule has 0 N–H and O–H groups in total. The predicted molar refractivity (Wildman–Crippen MR) is 159 cm³/mol. The summed E-state index contributed by atoms with van der Waals surface area (Å²) in [5, 5.41) is 2.35. The van der Waals surface area contributed by atoms with Gasteiger partial charge in [-0.05, 0) is 72.0 Å². The average Bonchev–Trinajstić information content (AvgIpc) is 3.00. The van der Waals surface area contributed by atoms with Crippen LogP contribution in [0.25, 0.3) is 62.3 Å². The van der Waals surface area contributed by atoms with E-state index in [-0.39, 0.29) is 0 Å². The number of pyridine rings is 1. The van der Waals surface area contributed by atoms with Crippen molar-refractivity contribution in [1.82, 2.24) is 19.9 Å². The Labute approximate surface area is 227 Å². The number of nitrogens with zero attached hydrogens (tertiary/aromatic N) is 4. The van der Waals surface area contributed by atoms with Crippen LogP contribution in [0.1, 0.15) is 23.2 Å². The van der Waals surface area contributed by atoms with Gasteiger partial charge in [0.05, 0.1) is 5.69 Å². The number of rotatable bonds is 4. The van der Waals surface area contributed by atoms with Gasteiger partial charge in [0.25, 0.3) is 0 Å². The Kier molecular flexibility index (Phi) is 5.78. The number of fused-ring (bicyclic) bond motifs is 2. The Morgan fingerprint density at radius 3 is 2.05 bits per heavy atom. The molecule has 0 saturated carbocycles. The number of hydrogen-bond acceptors (Lipinski definition) is 4. The summed E-state index contributed by atoms with van der Waals surface area (Å²) in [6, 6.07) is 35.6. The van der Waals surface area contributed by atoms with Gasteiger partial charge in [-0.2, -0.15) is 0 Å². The summed E-state index contributed by atoms with van der Waals surface area (Å²) >= 11 is 0. The van der Waals surface area contributed by atoms with Gasteiger partial charge >= 0.3 is 0 Å². The average molecular weight is 503 g/mol. The quantitative estimate of drug-likeness (QED) is 0.243. The van der Waals surface area contributed by atoms with E-state index in [9.17, 15) is 0 Å². The first-order chi connectivity index (χ1) is 19.2. The van der Waals surface area contributed by atoms with Crippen LogP contribution in [0.3, 0.4) is 0 Å². The molecule has 0 aliphatic heterocycles. The largest absolute Gasteiger partial charge is 0.253 e. The molecule has 0 amide bonds. The Balaban J connectivity index is 1.40. The monoisotopic (exact) mass is 502 g/mol. The molecular formula is C35H26N4. The molecule has 39 heavy (non-hydrogen) atoms. The topological polar surface area (TPSA) is 51.6 Å². The second-order valence-corrected chi connectivity index (χ2v) is 9.97. The third-order valence-electron chi connectivity index (χ3n) is 7.23. The number of aromatic nitrogens is 4. The minimum Gasteiger partial charge on any atom is -0.253 e. The van der Waals surface area contributed by atoms with Gasteiger partial charge < -0.3 is 0 Å². The van der Waals surface area contributed by atoms with E-state index in [0.717, 1.165) is 51.9 Å². The first-order valence-electron chi connectivity index (χ1n) is 13.3. The minimum absolute atomic E-state index is 0.644. The number of allylic oxidation sites excluding steroid dienone is 1. The van der Waals surface area contributed by atoms with Gasteiger partial charge in [0, 0.05) is 27.9 Å². The second kappa shape index (κ2) is 9.73. The smallest absolute Gasteiger partial charge is 0.164 e. The van der Waals surface area contributed by atoms with Crippen LogP contribution in [0, 0.1) is 6.92 Å². The van der Waals surface area contributed by atoms with Gasteiger partial charge in [-0.3, -0.25) is 4.98 Å². The molecule has 0 atom stereocenters. The zero-order valence-electron chi connectivity index (χ0n) is 21.7. The van der Waals surface area contributed by atoms with Crippen LogP contribution in [-0.4, -0.2) is 19.9 Å². The van der Waals surface area contributed by atoms with E-state index in [1.165, 1.54) is 16.5 Å². The van der Waals surface area contributed by atoms with Crippen molar-refractivity contribution >= 4 is 16.8 Å². The van der Waals surface area contributed by atoms with E-state index in [4.69, 9.17) is 19.9 Å². The van der Waals surface area contributed by atoms with Crippen molar-refractivity contribution < 1.29 is 0 Å². The summed E-state index contributed by atoms with van der Waals surface area (Å²) < 4.78 is 0. The van der Waals surface area contributed by atoms with E-state index >= 15 is 0 Å². The van der Waals surface area contributed by atoms with Gasteiger partial charge in [0.2, 0.25) is 0 Å². The highest BCUT2D eigenvalue weighted by Gasteiger charge is 2.15. The summed E-state index contributed by atoms with van der Waals surface area (Å²) in [6.07, 6.45) is 6.58. The van der Waals surface area contributed by atoms with E-state index in [0.29, 0.717) is 17.5 Å². The lowest BCUT2D eigenvalue weighted by molar-refractivity contribution is 0.985. The van der Waals surface area contributed by atoms with E-state index in [2.05, 4.69) is 91.0 Å². The maximum absolute atomic E-state index is 5.00. The molecule has 4 nitrogen and oxygen atoms in total. The van der Waals surface area contributed by atoms with Crippen LogP contribution in [-0.2, 0) is 6.42 Å². The fourth-order valence-electron chi connectivity index (χ4n) is 5.18. The van der Waals surface area contributed by atoms with Crippen LogP contribution in [0.15, 0.2) is 109 Å². The molecule has 4 heteroatoms. The summed E-state index contributed by atoms with van der Waals surface area (Å²) in [6.45, 7) is 2.01.